The standard InChI is InChI=1S/C92H60F8N2O2/c1-5-57-17-37-71(38-18-57)103-73-41-25-61(26-42-73)91(89-85(97)47-63(93)48-86(89)98)79-13-9-7-11-75(79)77-45-35-67(51-81(77)91)101(69-29-15-55(3)83(95)53-69)65-31-21-59(22-32-65)60-23-33-66(34-24-60)102(70-30-16-56(4)84(96)54-70)68-36-46-78-76-12-8-10-14-80(76)92(82(78)52-68,90-87(99)49-64(94)50-88(90)100)62-27-43-74(44-28-62)104-72-39-19-58(6-2)20-40-72/h5-54H,1-2H2,3-4H3. The Labute approximate surface area is 596 Å². The van der Waals surface area contributed by atoms with Crippen LogP contribution < -0.4 is 19.3 Å². The van der Waals surface area contributed by atoms with Crippen molar-refractivity contribution in [1.82, 2.24) is 0 Å². The van der Waals surface area contributed by atoms with Gasteiger partial charge in [0.2, 0.25) is 0 Å². The van der Waals surface area contributed by atoms with Crippen LogP contribution >= 0.6 is 0 Å². The van der Waals surface area contributed by atoms with E-state index in [0.717, 1.165) is 22.3 Å². The topological polar surface area (TPSA) is 24.9 Å². The Balaban J connectivity index is 0.791. The predicted molar refractivity (Wildman–Crippen MR) is 398 cm³/mol. The zero-order valence-electron chi connectivity index (χ0n) is 56.0. The Kier molecular flexibility index (Phi) is 16.6. The number of ether oxygens (including phenoxy) is 2. The van der Waals surface area contributed by atoms with Gasteiger partial charge in [-0.25, -0.2) is 35.1 Å². The van der Waals surface area contributed by atoms with E-state index >= 15 is 35.1 Å². The largest absolute Gasteiger partial charge is 0.457 e. The minimum atomic E-state index is -1.72. The fraction of sp³-hybridized carbons (Fsp3) is 0.0435. The van der Waals surface area contributed by atoms with E-state index in [2.05, 4.69) is 13.2 Å². The summed E-state index contributed by atoms with van der Waals surface area (Å²) in [6.07, 6.45) is 3.45. The lowest BCUT2D eigenvalue weighted by Crippen LogP contribution is -2.31. The Morgan fingerprint density at radius 2 is 0.587 bits per heavy atom. The third kappa shape index (κ3) is 11.2. The molecule has 16 rings (SSSR count). The van der Waals surface area contributed by atoms with E-state index in [9.17, 15) is 0 Å². The first-order valence-corrected chi connectivity index (χ1v) is 33.7. The molecule has 0 radical (unpaired) electrons. The predicted octanol–water partition coefficient (Wildman–Crippen LogP) is 25.6. The van der Waals surface area contributed by atoms with Gasteiger partial charge in [-0.3, -0.25) is 0 Å². The van der Waals surface area contributed by atoms with Gasteiger partial charge in [0.15, 0.2) is 0 Å². The molecule has 506 valence electrons. The molecular weight excluding hydrogens is 1320 g/mol. The Morgan fingerprint density at radius 3 is 0.923 bits per heavy atom. The van der Waals surface area contributed by atoms with Crippen molar-refractivity contribution in [2.24, 2.45) is 0 Å². The second-order valence-electron chi connectivity index (χ2n) is 26.0. The maximum Gasteiger partial charge on any atom is 0.133 e. The lowest BCUT2D eigenvalue weighted by Gasteiger charge is -2.35. The molecule has 0 aromatic heterocycles. The highest BCUT2D eigenvalue weighted by molar-refractivity contribution is 5.92. The van der Waals surface area contributed by atoms with E-state index in [1.165, 1.54) is 12.1 Å². The summed E-state index contributed by atoms with van der Waals surface area (Å²) in [6, 6.07) is 82.5. The van der Waals surface area contributed by atoms with Crippen LogP contribution in [0, 0.1) is 60.4 Å². The highest BCUT2D eigenvalue weighted by Gasteiger charge is 2.52. The molecule has 0 saturated heterocycles. The smallest absolute Gasteiger partial charge is 0.133 e. The minimum absolute atomic E-state index is 0.389. The van der Waals surface area contributed by atoms with Crippen LogP contribution in [0.4, 0.5) is 69.2 Å². The number of benzene rings is 14. The van der Waals surface area contributed by atoms with Gasteiger partial charge in [-0.15, -0.1) is 0 Å². The van der Waals surface area contributed by atoms with Gasteiger partial charge in [0.25, 0.3) is 0 Å². The molecule has 12 heteroatoms. The van der Waals surface area contributed by atoms with E-state index < -0.39 is 57.4 Å². The van der Waals surface area contributed by atoms with Crippen molar-refractivity contribution in [3.05, 3.63) is 418 Å². The average molecular weight is 1380 g/mol. The minimum Gasteiger partial charge on any atom is -0.457 e. The molecule has 0 aliphatic heterocycles. The van der Waals surface area contributed by atoms with Gasteiger partial charge in [-0.1, -0.05) is 171 Å². The van der Waals surface area contributed by atoms with Crippen LogP contribution in [0.2, 0.25) is 0 Å². The first kappa shape index (κ1) is 65.8. The Morgan fingerprint density at radius 1 is 0.288 bits per heavy atom. The molecule has 0 N–H and O–H groups in total. The van der Waals surface area contributed by atoms with Crippen molar-refractivity contribution >= 4 is 46.3 Å². The van der Waals surface area contributed by atoms with Crippen LogP contribution in [-0.2, 0) is 10.8 Å². The lowest BCUT2D eigenvalue weighted by atomic mass is 9.67. The maximum atomic E-state index is 17.1. The molecule has 2 atom stereocenters. The zero-order chi connectivity index (χ0) is 71.7. The van der Waals surface area contributed by atoms with E-state index in [1.54, 1.807) is 111 Å². The molecule has 0 heterocycles. The fourth-order valence-corrected chi connectivity index (χ4v) is 15.2. The first-order valence-electron chi connectivity index (χ1n) is 33.7. The van der Waals surface area contributed by atoms with Crippen LogP contribution in [-0.4, -0.2) is 0 Å². The zero-order valence-corrected chi connectivity index (χ0v) is 56.0. The normalized spacial score (nSPS) is 14.6. The molecule has 0 saturated carbocycles. The summed E-state index contributed by atoms with van der Waals surface area (Å²) in [4.78, 5) is 3.73. The molecule has 2 aliphatic carbocycles. The quantitative estimate of drug-likeness (QED) is 0.0849. The van der Waals surface area contributed by atoms with Crippen LogP contribution in [0.15, 0.2) is 304 Å². The third-order valence-corrected chi connectivity index (χ3v) is 20.0. The van der Waals surface area contributed by atoms with Gasteiger partial charge in [-0.2, -0.15) is 0 Å². The number of hydrogen-bond acceptors (Lipinski definition) is 4. The second-order valence-corrected chi connectivity index (χ2v) is 26.0. The molecule has 0 bridgehead atoms. The van der Waals surface area contributed by atoms with E-state index in [0.29, 0.717) is 148 Å². The lowest BCUT2D eigenvalue weighted by molar-refractivity contribution is 0.481. The summed E-state index contributed by atoms with van der Waals surface area (Å²) in [5.74, 6) is -5.45. The molecule has 14 aromatic rings. The molecular formula is C92H60F8N2O2. The van der Waals surface area contributed by atoms with Crippen LogP contribution in [0.3, 0.4) is 0 Å². The number of nitrogens with zero attached hydrogens (tertiary/aromatic N) is 2. The number of hydrogen-bond donors (Lipinski definition) is 0. The SMILES string of the molecule is C=Cc1ccc(Oc2ccc(C3(c4c(F)cc(F)cc4F)c4ccccc4-c4ccc(N(c5ccc(-c6ccc(N(c7ccc(C)c(F)c7)c7ccc8c(c7)C(c7ccc(Oc9ccc(C=C)cc9)cc7)(c7c(F)cc(F)cc7F)c7ccccc7-8)cc6)cc5)c5ccc(C)c(F)c5)cc43)cc2)cc1. The Bertz CT molecular complexity index is 5330. The van der Waals surface area contributed by atoms with Crippen molar-refractivity contribution < 1.29 is 44.6 Å². The van der Waals surface area contributed by atoms with Gasteiger partial charge in [0.1, 0.15) is 69.5 Å². The van der Waals surface area contributed by atoms with Crippen LogP contribution in [0.1, 0.15) is 66.8 Å². The van der Waals surface area contributed by atoms with Gasteiger partial charge in [0.05, 0.1) is 10.8 Å². The van der Waals surface area contributed by atoms with Gasteiger partial charge < -0.3 is 19.3 Å². The molecule has 2 unspecified atom stereocenters. The number of rotatable bonds is 17. The molecule has 2 aliphatic rings. The van der Waals surface area contributed by atoms with Crippen molar-refractivity contribution in [3.8, 4) is 56.4 Å². The highest BCUT2D eigenvalue weighted by Crippen LogP contribution is 2.61. The average Bonchev–Trinajstić information content (AvgIpc) is 1.51. The summed E-state index contributed by atoms with van der Waals surface area (Å²) in [6.45, 7) is 11.0. The van der Waals surface area contributed by atoms with Crippen molar-refractivity contribution in [2.75, 3.05) is 9.80 Å². The second kappa shape index (κ2) is 26.3. The van der Waals surface area contributed by atoms with Gasteiger partial charge in [-0.05, 0) is 224 Å². The Hall–Kier alpha value is -12.8. The number of fused-ring (bicyclic) bond motifs is 6. The van der Waals surface area contributed by atoms with E-state index in [4.69, 9.17) is 9.47 Å². The van der Waals surface area contributed by atoms with Gasteiger partial charge in [0, 0.05) is 69.5 Å². The van der Waals surface area contributed by atoms with Crippen molar-refractivity contribution in [2.45, 2.75) is 24.7 Å². The molecule has 0 spiro atoms. The van der Waals surface area contributed by atoms with Crippen molar-refractivity contribution in [1.29, 1.82) is 0 Å². The van der Waals surface area contributed by atoms with Gasteiger partial charge >= 0.3 is 0 Å². The molecule has 0 amide bonds. The summed E-state index contributed by atoms with van der Waals surface area (Å²) >= 11 is 0. The summed E-state index contributed by atoms with van der Waals surface area (Å²) in [7, 11) is 0. The fourth-order valence-electron chi connectivity index (χ4n) is 15.2. The number of halogens is 8. The van der Waals surface area contributed by atoms with Crippen LogP contribution in [0.5, 0.6) is 23.0 Å². The van der Waals surface area contributed by atoms with Crippen molar-refractivity contribution in [3.63, 3.8) is 0 Å². The number of anilines is 6. The summed E-state index contributed by atoms with van der Waals surface area (Å²) in [5.41, 5.74) is 8.78. The van der Waals surface area contributed by atoms with E-state index in [1.807, 2.05) is 180 Å². The first-order chi connectivity index (χ1) is 50.5. The molecule has 0 fully saturated rings. The summed E-state index contributed by atoms with van der Waals surface area (Å²) in [5, 5.41) is 0. The maximum absolute atomic E-state index is 17.1. The van der Waals surface area contributed by atoms with Crippen LogP contribution in [0.25, 0.3) is 45.5 Å². The molecule has 104 heavy (non-hydrogen) atoms. The summed E-state index contributed by atoms with van der Waals surface area (Å²) < 4.78 is 143. The molecule has 4 nitrogen and oxygen atoms in total. The monoisotopic (exact) mass is 1380 g/mol. The highest BCUT2D eigenvalue weighted by atomic mass is 19.2. The van der Waals surface area contributed by atoms with E-state index in [-0.39, 0.29) is 11.1 Å². The number of aryl methyl sites for hydroxylation is 2. The third-order valence-electron chi connectivity index (χ3n) is 20.0. The molecule has 14 aromatic carbocycles.